The average Bonchev–Trinajstić information content (AvgIpc) is 2.67. The zero-order valence-electron chi connectivity index (χ0n) is 8.90. The van der Waals surface area contributed by atoms with Crippen LogP contribution in [0.2, 0.25) is 0 Å². The molecule has 0 aliphatic heterocycles. The molecule has 0 aliphatic carbocycles. The van der Waals surface area contributed by atoms with Gasteiger partial charge in [-0.25, -0.2) is 0 Å². The summed E-state index contributed by atoms with van der Waals surface area (Å²) in [6.07, 6.45) is 2.31. The number of halogens is 1. The molecule has 0 amide bonds. The van der Waals surface area contributed by atoms with Gasteiger partial charge in [0.15, 0.2) is 3.92 Å². The molecule has 5 heteroatoms. The number of anilines is 2. The third-order valence-corrected chi connectivity index (χ3v) is 3.42. The quantitative estimate of drug-likeness (QED) is 0.927. The number of rotatable bonds is 4. The van der Waals surface area contributed by atoms with Crippen LogP contribution in [0.25, 0.3) is 0 Å². The third kappa shape index (κ3) is 3.02. The Morgan fingerprint density at radius 2 is 2.00 bits per heavy atom. The largest absolute Gasteiger partial charge is 0.330 e. The maximum Gasteiger partial charge on any atom is 0.210 e. The fourth-order valence-corrected chi connectivity index (χ4v) is 2.45. The Labute approximate surface area is 107 Å². The highest BCUT2D eigenvalue weighted by atomic mass is 79.9. The summed E-state index contributed by atoms with van der Waals surface area (Å²) in [5.74, 6) is 0. The van der Waals surface area contributed by atoms with Crippen molar-refractivity contribution in [3.05, 3.63) is 33.7 Å². The highest BCUT2D eigenvalue weighted by Crippen LogP contribution is 2.24. The lowest BCUT2D eigenvalue weighted by atomic mass is 10.1. The van der Waals surface area contributed by atoms with Crippen LogP contribution >= 0.6 is 27.3 Å². The molecule has 0 fully saturated rings. The summed E-state index contributed by atoms with van der Waals surface area (Å²) in [7, 11) is 0. The molecule has 0 spiro atoms. The van der Waals surface area contributed by atoms with Gasteiger partial charge >= 0.3 is 0 Å². The molecule has 1 aromatic carbocycles. The second kappa shape index (κ2) is 5.41. The van der Waals surface area contributed by atoms with Gasteiger partial charge in [0.1, 0.15) is 0 Å². The van der Waals surface area contributed by atoms with E-state index in [1.807, 2.05) is 0 Å². The molecule has 0 bridgehead atoms. The van der Waals surface area contributed by atoms with Crippen molar-refractivity contribution < 1.29 is 0 Å². The number of aryl methyl sites for hydroxylation is 1. The van der Waals surface area contributed by atoms with E-state index in [4.69, 9.17) is 0 Å². The minimum Gasteiger partial charge on any atom is -0.330 e. The van der Waals surface area contributed by atoms with Crippen molar-refractivity contribution in [1.82, 2.24) is 10.2 Å². The van der Waals surface area contributed by atoms with E-state index in [1.54, 1.807) is 0 Å². The van der Waals surface area contributed by atoms with Crippen LogP contribution in [0.4, 0.5) is 10.8 Å². The summed E-state index contributed by atoms with van der Waals surface area (Å²) in [6.45, 7) is 2.19. The van der Waals surface area contributed by atoms with Gasteiger partial charge in [-0.3, -0.25) is 0 Å². The summed E-state index contributed by atoms with van der Waals surface area (Å²) in [4.78, 5) is 0. The van der Waals surface area contributed by atoms with Crippen molar-refractivity contribution in [3.8, 4) is 0 Å². The Bertz CT molecular complexity index is 453. The van der Waals surface area contributed by atoms with Gasteiger partial charge < -0.3 is 5.32 Å². The van der Waals surface area contributed by atoms with Crippen LogP contribution in [0.5, 0.6) is 0 Å². The highest BCUT2D eigenvalue weighted by Gasteiger charge is 2.01. The number of nitrogens with zero attached hydrogens (tertiary/aromatic N) is 2. The molecule has 0 atom stereocenters. The molecular weight excluding hydrogens is 286 g/mol. The van der Waals surface area contributed by atoms with Crippen LogP contribution in [0.15, 0.2) is 28.2 Å². The summed E-state index contributed by atoms with van der Waals surface area (Å²) < 4.78 is 0.789. The SMILES string of the molecule is CCCc1ccc(Nc2nnc(Br)s2)cc1. The number of hydrogen-bond donors (Lipinski definition) is 1. The maximum absolute atomic E-state index is 3.98. The van der Waals surface area contributed by atoms with E-state index in [1.165, 1.54) is 23.3 Å². The van der Waals surface area contributed by atoms with Gasteiger partial charge in [0.05, 0.1) is 0 Å². The van der Waals surface area contributed by atoms with Gasteiger partial charge in [-0.2, -0.15) is 0 Å². The van der Waals surface area contributed by atoms with E-state index in [9.17, 15) is 0 Å². The van der Waals surface area contributed by atoms with Gasteiger partial charge in [0, 0.05) is 5.69 Å². The Hall–Kier alpha value is -0.940. The average molecular weight is 298 g/mol. The summed E-state index contributed by atoms with van der Waals surface area (Å²) in [5.41, 5.74) is 2.41. The van der Waals surface area contributed by atoms with Crippen molar-refractivity contribution in [2.24, 2.45) is 0 Å². The lowest BCUT2D eigenvalue weighted by molar-refractivity contribution is 0.922. The van der Waals surface area contributed by atoms with Crippen molar-refractivity contribution in [2.45, 2.75) is 19.8 Å². The molecule has 16 heavy (non-hydrogen) atoms. The Morgan fingerprint density at radius 3 is 2.56 bits per heavy atom. The van der Waals surface area contributed by atoms with Gasteiger partial charge in [0.25, 0.3) is 0 Å². The summed E-state index contributed by atoms with van der Waals surface area (Å²) in [6, 6.07) is 8.42. The molecular formula is C11H12BrN3S. The Balaban J connectivity index is 2.05. The molecule has 0 aliphatic rings. The molecule has 0 radical (unpaired) electrons. The number of hydrogen-bond acceptors (Lipinski definition) is 4. The molecule has 0 saturated carbocycles. The molecule has 2 aromatic rings. The smallest absolute Gasteiger partial charge is 0.210 e. The van der Waals surface area contributed by atoms with Crippen LogP contribution in [0.3, 0.4) is 0 Å². The zero-order valence-corrected chi connectivity index (χ0v) is 11.3. The standard InChI is InChI=1S/C11H12BrN3S/c1-2-3-8-4-6-9(7-5-8)13-11-15-14-10(12)16-11/h4-7H,2-3H2,1H3,(H,13,15). The predicted octanol–water partition coefficient (Wildman–Crippen LogP) is 4.00. The number of benzene rings is 1. The van der Waals surface area contributed by atoms with Crippen molar-refractivity contribution in [3.63, 3.8) is 0 Å². The van der Waals surface area contributed by atoms with Gasteiger partial charge in [-0.05, 0) is 40.0 Å². The number of aromatic nitrogens is 2. The van der Waals surface area contributed by atoms with Crippen molar-refractivity contribution in [2.75, 3.05) is 5.32 Å². The normalized spacial score (nSPS) is 10.4. The maximum atomic E-state index is 3.98. The van der Waals surface area contributed by atoms with E-state index in [0.717, 1.165) is 21.2 Å². The number of nitrogens with one attached hydrogen (secondary N) is 1. The Morgan fingerprint density at radius 1 is 1.25 bits per heavy atom. The van der Waals surface area contributed by atoms with E-state index >= 15 is 0 Å². The third-order valence-electron chi connectivity index (χ3n) is 2.14. The van der Waals surface area contributed by atoms with E-state index in [2.05, 4.69) is 62.6 Å². The van der Waals surface area contributed by atoms with Crippen LogP contribution < -0.4 is 5.32 Å². The van der Waals surface area contributed by atoms with Gasteiger partial charge in [-0.1, -0.05) is 36.8 Å². The Kier molecular flexibility index (Phi) is 3.90. The molecule has 1 aromatic heterocycles. The molecule has 1 N–H and O–H groups in total. The first-order chi connectivity index (χ1) is 7.78. The molecule has 0 unspecified atom stereocenters. The second-order valence-corrected chi connectivity index (χ2v) is 5.69. The zero-order chi connectivity index (χ0) is 11.4. The van der Waals surface area contributed by atoms with Gasteiger partial charge in [0.2, 0.25) is 5.13 Å². The lowest BCUT2D eigenvalue weighted by Gasteiger charge is -2.03. The summed E-state index contributed by atoms with van der Waals surface area (Å²) >= 11 is 4.76. The minimum absolute atomic E-state index is 0.789. The van der Waals surface area contributed by atoms with Crippen LogP contribution in [0, 0.1) is 0 Å². The fraction of sp³-hybridized carbons (Fsp3) is 0.273. The van der Waals surface area contributed by atoms with Crippen molar-refractivity contribution >= 4 is 38.1 Å². The first kappa shape index (κ1) is 11.5. The monoisotopic (exact) mass is 297 g/mol. The van der Waals surface area contributed by atoms with Crippen LogP contribution in [-0.4, -0.2) is 10.2 Å². The van der Waals surface area contributed by atoms with E-state index < -0.39 is 0 Å². The van der Waals surface area contributed by atoms with Crippen LogP contribution in [0.1, 0.15) is 18.9 Å². The molecule has 84 valence electrons. The van der Waals surface area contributed by atoms with E-state index in [-0.39, 0.29) is 0 Å². The van der Waals surface area contributed by atoms with Crippen LogP contribution in [-0.2, 0) is 6.42 Å². The second-order valence-electron chi connectivity index (χ2n) is 3.43. The highest BCUT2D eigenvalue weighted by molar-refractivity contribution is 9.11. The summed E-state index contributed by atoms with van der Waals surface area (Å²) in [5, 5.41) is 11.9. The predicted molar refractivity (Wildman–Crippen MR) is 71.3 cm³/mol. The first-order valence-electron chi connectivity index (χ1n) is 5.13. The lowest BCUT2D eigenvalue weighted by Crippen LogP contribution is -1.90. The van der Waals surface area contributed by atoms with E-state index in [0.29, 0.717) is 0 Å². The minimum atomic E-state index is 0.789. The van der Waals surface area contributed by atoms with Crippen molar-refractivity contribution in [1.29, 1.82) is 0 Å². The topological polar surface area (TPSA) is 37.8 Å². The first-order valence-corrected chi connectivity index (χ1v) is 6.74. The molecule has 0 saturated heterocycles. The molecule has 2 rings (SSSR count). The van der Waals surface area contributed by atoms with Gasteiger partial charge in [-0.15, -0.1) is 10.2 Å². The molecule has 3 nitrogen and oxygen atoms in total. The fourth-order valence-electron chi connectivity index (χ4n) is 1.42. The molecule has 1 heterocycles.